The first-order chi connectivity index (χ1) is 13.6. The Balaban J connectivity index is 1.57. The van der Waals surface area contributed by atoms with E-state index in [0.29, 0.717) is 5.25 Å². The van der Waals surface area contributed by atoms with Crippen molar-refractivity contribution in [1.29, 1.82) is 0 Å². The van der Waals surface area contributed by atoms with Crippen molar-refractivity contribution >= 4 is 22.6 Å². The van der Waals surface area contributed by atoms with Crippen LogP contribution < -0.4 is 4.90 Å². The van der Waals surface area contributed by atoms with Crippen LogP contribution in [0.5, 0.6) is 0 Å². The van der Waals surface area contributed by atoms with Crippen LogP contribution in [0.1, 0.15) is 54.2 Å². The molecule has 3 aliphatic rings. The van der Waals surface area contributed by atoms with Crippen LogP contribution in [0.3, 0.4) is 0 Å². The van der Waals surface area contributed by atoms with E-state index < -0.39 is 0 Å². The van der Waals surface area contributed by atoms with Crippen molar-refractivity contribution in [1.82, 2.24) is 9.88 Å². The number of thioether (sulfide) groups is 1. The monoisotopic (exact) mass is 392 g/mol. The maximum absolute atomic E-state index is 5.13. The average Bonchev–Trinajstić information content (AvgIpc) is 3.41. The van der Waals surface area contributed by atoms with Gasteiger partial charge in [0.2, 0.25) is 0 Å². The molecule has 0 unspecified atom stereocenters. The lowest BCUT2D eigenvalue weighted by molar-refractivity contribution is 0.320. The minimum Gasteiger partial charge on any atom is -0.371 e. The molecule has 2 saturated heterocycles. The number of anilines is 1. The number of aromatic nitrogens is 1. The number of aliphatic imine (C=N–C) groups is 1. The third-order valence-corrected chi connectivity index (χ3v) is 7.55. The molecule has 4 heterocycles. The van der Waals surface area contributed by atoms with E-state index in [1.54, 1.807) is 0 Å². The van der Waals surface area contributed by atoms with Gasteiger partial charge in [0.25, 0.3) is 0 Å². The normalized spacial score (nSPS) is 26.7. The summed E-state index contributed by atoms with van der Waals surface area (Å²) in [6, 6.07) is 11.2. The second-order valence-electron chi connectivity index (χ2n) is 8.25. The van der Waals surface area contributed by atoms with Gasteiger partial charge in [-0.1, -0.05) is 30.8 Å². The zero-order chi connectivity index (χ0) is 19.3. The molecule has 0 N–H and O–H groups in total. The van der Waals surface area contributed by atoms with Gasteiger partial charge in [0.1, 0.15) is 6.04 Å². The number of rotatable bonds is 3. The van der Waals surface area contributed by atoms with Crippen molar-refractivity contribution in [2.24, 2.45) is 4.99 Å². The van der Waals surface area contributed by atoms with E-state index in [4.69, 9.17) is 4.99 Å². The van der Waals surface area contributed by atoms with E-state index in [2.05, 4.69) is 59.8 Å². The van der Waals surface area contributed by atoms with Crippen molar-refractivity contribution in [3.63, 3.8) is 0 Å². The summed E-state index contributed by atoms with van der Waals surface area (Å²) in [4.78, 5) is 14.9. The van der Waals surface area contributed by atoms with Crippen molar-refractivity contribution in [2.45, 2.75) is 50.9 Å². The Morgan fingerprint density at radius 3 is 2.61 bits per heavy atom. The Morgan fingerprint density at radius 1 is 1.04 bits per heavy atom. The van der Waals surface area contributed by atoms with Gasteiger partial charge in [-0.3, -0.25) is 9.98 Å². The predicted molar refractivity (Wildman–Crippen MR) is 118 cm³/mol. The molecule has 2 aromatic rings. The number of hydrogen-bond acceptors (Lipinski definition) is 5. The highest BCUT2D eigenvalue weighted by Gasteiger charge is 2.44. The molecule has 0 aliphatic carbocycles. The smallest absolute Gasteiger partial charge is 0.160 e. The molecule has 0 amide bonds. The van der Waals surface area contributed by atoms with Crippen LogP contribution >= 0.6 is 11.8 Å². The SMILES string of the molecule is Cc1c([C@H]2[C@@H](c3ccccn3)N=C3S[C@@H](C)CN32)ccc(N2CCCC2)c1C. The molecule has 5 heteroatoms. The summed E-state index contributed by atoms with van der Waals surface area (Å²) in [7, 11) is 0. The minimum atomic E-state index is 0.0759. The standard InChI is InChI=1S/C23H28N4S/c1-15-14-27-22(21(25-23(27)28-15)19-8-4-5-11-24-19)18-9-10-20(17(3)16(18)2)26-12-6-7-13-26/h4-5,8-11,15,21-22H,6-7,12-14H2,1-3H3/t15-,21+,22-/m0/s1. The Morgan fingerprint density at radius 2 is 1.86 bits per heavy atom. The highest BCUT2D eigenvalue weighted by Crippen LogP contribution is 2.49. The molecule has 1 aromatic carbocycles. The van der Waals surface area contributed by atoms with Gasteiger partial charge in [0, 0.05) is 36.8 Å². The van der Waals surface area contributed by atoms with Gasteiger partial charge < -0.3 is 9.80 Å². The number of pyridine rings is 1. The van der Waals surface area contributed by atoms with Crippen molar-refractivity contribution in [3.8, 4) is 0 Å². The lowest BCUT2D eigenvalue weighted by atomic mass is 9.90. The molecule has 3 atom stereocenters. The van der Waals surface area contributed by atoms with Crippen molar-refractivity contribution < 1.29 is 0 Å². The van der Waals surface area contributed by atoms with Crippen LogP contribution in [0.25, 0.3) is 0 Å². The van der Waals surface area contributed by atoms with Crippen LogP contribution in [0.2, 0.25) is 0 Å². The Kier molecular flexibility index (Phi) is 4.58. The van der Waals surface area contributed by atoms with Crippen molar-refractivity contribution in [2.75, 3.05) is 24.5 Å². The van der Waals surface area contributed by atoms with Crippen LogP contribution in [0.15, 0.2) is 41.5 Å². The van der Waals surface area contributed by atoms with E-state index in [0.717, 1.165) is 12.2 Å². The second-order valence-corrected chi connectivity index (χ2v) is 9.66. The molecule has 3 aliphatic heterocycles. The molecule has 1 aromatic heterocycles. The van der Waals surface area contributed by atoms with Crippen LogP contribution in [-0.4, -0.2) is 39.9 Å². The zero-order valence-electron chi connectivity index (χ0n) is 16.9. The van der Waals surface area contributed by atoms with E-state index in [1.165, 1.54) is 53.5 Å². The van der Waals surface area contributed by atoms with Crippen LogP contribution in [0, 0.1) is 13.8 Å². The third-order valence-electron chi connectivity index (χ3n) is 6.45. The molecule has 2 fully saturated rings. The highest BCUT2D eigenvalue weighted by molar-refractivity contribution is 8.14. The summed E-state index contributed by atoms with van der Waals surface area (Å²) >= 11 is 1.91. The number of hydrogen-bond donors (Lipinski definition) is 0. The van der Waals surface area contributed by atoms with E-state index in [9.17, 15) is 0 Å². The summed E-state index contributed by atoms with van der Waals surface area (Å²) in [5, 5.41) is 1.78. The Hall–Kier alpha value is -2.01. The first-order valence-electron chi connectivity index (χ1n) is 10.4. The predicted octanol–water partition coefficient (Wildman–Crippen LogP) is 4.89. The minimum absolute atomic E-state index is 0.0759. The number of amidine groups is 1. The molecule has 28 heavy (non-hydrogen) atoms. The Bertz CT molecular complexity index is 904. The third kappa shape index (κ3) is 2.91. The van der Waals surface area contributed by atoms with Crippen LogP contribution in [0.4, 0.5) is 5.69 Å². The first-order valence-corrected chi connectivity index (χ1v) is 11.3. The fraction of sp³-hybridized carbons (Fsp3) is 0.478. The second kappa shape index (κ2) is 7.11. The summed E-state index contributed by atoms with van der Waals surface area (Å²) in [6.07, 6.45) is 4.51. The molecule has 0 bridgehead atoms. The number of nitrogens with zero attached hydrogens (tertiary/aromatic N) is 4. The zero-order valence-corrected chi connectivity index (χ0v) is 17.7. The number of benzene rings is 1. The first kappa shape index (κ1) is 18.0. The maximum Gasteiger partial charge on any atom is 0.160 e. The average molecular weight is 393 g/mol. The van der Waals surface area contributed by atoms with Gasteiger partial charge in [-0.15, -0.1) is 0 Å². The van der Waals surface area contributed by atoms with Crippen LogP contribution in [-0.2, 0) is 0 Å². The fourth-order valence-corrected chi connectivity index (χ4v) is 6.00. The quantitative estimate of drug-likeness (QED) is 0.744. The molecular weight excluding hydrogens is 364 g/mol. The fourth-order valence-electron chi connectivity index (χ4n) is 4.90. The summed E-state index contributed by atoms with van der Waals surface area (Å²) < 4.78 is 0. The molecule has 5 rings (SSSR count). The lowest BCUT2D eigenvalue weighted by Crippen LogP contribution is -2.29. The van der Waals surface area contributed by atoms with E-state index in [-0.39, 0.29) is 12.1 Å². The van der Waals surface area contributed by atoms with Gasteiger partial charge in [-0.05, 0) is 61.6 Å². The molecule has 4 nitrogen and oxygen atoms in total. The van der Waals surface area contributed by atoms with Gasteiger partial charge in [0.05, 0.1) is 11.7 Å². The topological polar surface area (TPSA) is 31.7 Å². The largest absolute Gasteiger partial charge is 0.371 e. The maximum atomic E-state index is 5.13. The van der Waals surface area contributed by atoms with Crippen molar-refractivity contribution in [3.05, 3.63) is 58.9 Å². The van der Waals surface area contributed by atoms with Gasteiger partial charge >= 0.3 is 0 Å². The molecule has 146 valence electrons. The van der Waals surface area contributed by atoms with E-state index >= 15 is 0 Å². The lowest BCUT2D eigenvalue weighted by Gasteiger charge is -2.30. The molecule has 0 spiro atoms. The Labute approximate surface area is 172 Å². The summed E-state index contributed by atoms with van der Waals surface area (Å²) in [5.41, 5.74) is 6.73. The highest BCUT2D eigenvalue weighted by atomic mass is 32.2. The van der Waals surface area contributed by atoms with Gasteiger partial charge in [-0.2, -0.15) is 0 Å². The van der Waals surface area contributed by atoms with E-state index in [1.807, 2.05) is 24.0 Å². The molecule has 0 saturated carbocycles. The molecular formula is C23H28N4S. The van der Waals surface area contributed by atoms with Gasteiger partial charge in [-0.25, -0.2) is 0 Å². The summed E-state index contributed by atoms with van der Waals surface area (Å²) in [6.45, 7) is 10.3. The molecule has 0 radical (unpaired) electrons. The van der Waals surface area contributed by atoms with Gasteiger partial charge in [0.15, 0.2) is 5.17 Å². The number of fused-ring (bicyclic) bond motifs is 1. The summed E-state index contributed by atoms with van der Waals surface area (Å²) in [5.74, 6) is 0.